The van der Waals surface area contributed by atoms with Gasteiger partial charge in [0.2, 0.25) is 17.7 Å². The molecule has 2 rings (SSSR count). The summed E-state index contributed by atoms with van der Waals surface area (Å²) in [5.41, 5.74) is 7.36. The Morgan fingerprint density at radius 2 is 1.82 bits per heavy atom. The van der Waals surface area contributed by atoms with Crippen LogP contribution in [0.1, 0.15) is 31.4 Å². The zero-order chi connectivity index (χ0) is 24.5. The molecule has 0 saturated carbocycles. The number of nitrogens with two attached hydrogens (primary N) is 1. The molecule has 7 nitrogen and oxygen atoms in total. The van der Waals surface area contributed by atoms with Crippen LogP contribution in [-0.4, -0.2) is 48.3 Å². The Hall–Kier alpha value is -3.13. The lowest BCUT2D eigenvalue weighted by Gasteiger charge is -2.31. The average Bonchev–Trinajstić information content (AvgIpc) is 2.75. The minimum atomic E-state index is -0.584. The molecule has 0 radical (unpaired) electrons. The summed E-state index contributed by atoms with van der Waals surface area (Å²) in [4.78, 5) is 40.2. The van der Waals surface area contributed by atoms with Crippen LogP contribution in [0, 0.1) is 12.7 Å². The second-order valence-corrected chi connectivity index (χ2v) is 8.49. The van der Waals surface area contributed by atoms with Crippen LogP contribution in [0.5, 0.6) is 0 Å². The molecule has 2 aromatic rings. The van der Waals surface area contributed by atoms with Crippen molar-refractivity contribution in [2.24, 2.45) is 5.73 Å². The highest BCUT2D eigenvalue weighted by Crippen LogP contribution is 2.18. The number of primary amides is 1. The zero-order valence-corrected chi connectivity index (χ0v) is 19.9. The SMILES string of the molecule is Cc1cccc(N(CCC(N)=O)CC(=O)N(CC(=O)NCc2cccc(Cl)c2F)C(C)C)c1. The zero-order valence-electron chi connectivity index (χ0n) is 19.1. The van der Waals surface area contributed by atoms with Crippen LogP contribution in [0.4, 0.5) is 10.1 Å². The number of carbonyl (C=O) groups is 3. The maximum absolute atomic E-state index is 14.0. The number of aryl methyl sites for hydroxylation is 1. The molecule has 3 N–H and O–H groups in total. The summed E-state index contributed by atoms with van der Waals surface area (Å²) >= 11 is 5.78. The number of halogens is 2. The van der Waals surface area contributed by atoms with Crippen LogP contribution < -0.4 is 16.0 Å². The van der Waals surface area contributed by atoms with Gasteiger partial charge in [-0.3, -0.25) is 14.4 Å². The van der Waals surface area contributed by atoms with Crippen molar-refractivity contribution in [3.05, 3.63) is 64.4 Å². The molecule has 0 aliphatic carbocycles. The third-order valence-electron chi connectivity index (χ3n) is 5.09. The summed E-state index contributed by atoms with van der Waals surface area (Å²) in [6.07, 6.45) is 0.0919. The van der Waals surface area contributed by atoms with Gasteiger partial charge < -0.3 is 20.9 Å². The molecule has 3 amide bonds. The molecule has 0 fully saturated rings. The molecular weight excluding hydrogens is 447 g/mol. The number of nitrogens with one attached hydrogen (secondary N) is 1. The smallest absolute Gasteiger partial charge is 0.242 e. The Morgan fingerprint density at radius 3 is 2.45 bits per heavy atom. The lowest BCUT2D eigenvalue weighted by Crippen LogP contribution is -2.48. The quantitative estimate of drug-likeness (QED) is 0.521. The van der Waals surface area contributed by atoms with Gasteiger partial charge in [-0.15, -0.1) is 0 Å². The minimum absolute atomic E-state index is 0.0204. The lowest BCUT2D eigenvalue weighted by molar-refractivity contribution is -0.136. The van der Waals surface area contributed by atoms with E-state index in [-0.39, 0.29) is 55.1 Å². The molecule has 178 valence electrons. The van der Waals surface area contributed by atoms with E-state index in [4.69, 9.17) is 17.3 Å². The Labute approximate surface area is 198 Å². The van der Waals surface area contributed by atoms with E-state index < -0.39 is 17.6 Å². The van der Waals surface area contributed by atoms with Crippen LogP contribution >= 0.6 is 11.6 Å². The molecule has 0 aliphatic rings. The number of anilines is 1. The second kappa shape index (κ2) is 12.2. The highest BCUT2D eigenvalue weighted by atomic mass is 35.5. The molecule has 33 heavy (non-hydrogen) atoms. The van der Waals surface area contributed by atoms with Gasteiger partial charge in [0, 0.05) is 36.8 Å². The number of amides is 3. The number of hydrogen-bond donors (Lipinski definition) is 2. The van der Waals surface area contributed by atoms with Gasteiger partial charge in [-0.25, -0.2) is 4.39 Å². The molecule has 9 heteroatoms. The molecule has 0 saturated heterocycles. The number of carbonyl (C=O) groups excluding carboxylic acids is 3. The van der Waals surface area contributed by atoms with Crippen LogP contribution in [-0.2, 0) is 20.9 Å². The first-order chi connectivity index (χ1) is 15.6. The lowest BCUT2D eigenvalue weighted by atomic mass is 10.2. The normalized spacial score (nSPS) is 10.7. The molecule has 0 aromatic heterocycles. The van der Waals surface area contributed by atoms with Crippen LogP contribution in [0.25, 0.3) is 0 Å². The predicted octanol–water partition coefficient (Wildman–Crippen LogP) is 3.02. The molecule has 0 unspecified atom stereocenters. The largest absolute Gasteiger partial charge is 0.370 e. The molecular formula is C24H30ClFN4O3. The summed E-state index contributed by atoms with van der Waals surface area (Å²) in [5, 5.41) is 2.61. The van der Waals surface area contributed by atoms with E-state index in [1.54, 1.807) is 11.0 Å². The van der Waals surface area contributed by atoms with Crippen molar-refractivity contribution >= 4 is 35.0 Å². The van der Waals surface area contributed by atoms with Crippen LogP contribution in [0.2, 0.25) is 5.02 Å². The molecule has 2 aromatic carbocycles. The first-order valence-corrected chi connectivity index (χ1v) is 11.0. The first kappa shape index (κ1) is 26.1. The minimum Gasteiger partial charge on any atom is -0.370 e. The summed E-state index contributed by atoms with van der Waals surface area (Å²) in [5.74, 6) is -1.75. The van der Waals surface area contributed by atoms with Crippen molar-refractivity contribution in [1.29, 1.82) is 0 Å². The summed E-state index contributed by atoms with van der Waals surface area (Å²) in [6.45, 7) is 5.58. The molecule has 0 bridgehead atoms. The van der Waals surface area contributed by atoms with E-state index in [0.717, 1.165) is 11.3 Å². The van der Waals surface area contributed by atoms with Gasteiger partial charge in [0.25, 0.3) is 0 Å². The standard InChI is InChI=1S/C24H30ClFN4O3/c1-16(2)30(14-22(32)28-13-18-7-5-9-20(25)24(18)26)23(33)15-29(11-10-21(27)31)19-8-4-6-17(3)12-19/h4-9,12,16H,10-11,13-15H2,1-3H3,(H2,27,31)(H,28,32). The van der Waals surface area contributed by atoms with E-state index in [0.29, 0.717) is 0 Å². The Balaban J connectivity index is 2.07. The molecule has 0 spiro atoms. The van der Waals surface area contributed by atoms with E-state index in [9.17, 15) is 18.8 Å². The molecule has 0 atom stereocenters. The predicted molar refractivity (Wildman–Crippen MR) is 127 cm³/mol. The third-order valence-corrected chi connectivity index (χ3v) is 5.38. The van der Waals surface area contributed by atoms with Crippen molar-refractivity contribution < 1.29 is 18.8 Å². The molecule has 0 aliphatic heterocycles. The molecule has 0 heterocycles. The first-order valence-electron chi connectivity index (χ1n) is 10.7. The van der Waals surface area contributed by atoms with E-state index in [1.165, 1.54) is 17.0 Å². The van der Waals surface area contributed by atoms with Crippen molar-refractivity contribution in [2.75, 3.05) is 24.5 Å². The van der Waals surface area contributed by atoms with Gasteiger partial charge in [-0.2, -0.15) is 0 Å². The second-order valence-electron chi connectivity index (χ2n) is 8.08. The van der Waals surface area contributed by atoms with E-state index >= 15 is 0 Å². The van der Waals surface area contributed by atoms with Crippen molar-refractivity contribution in [1.82, 2.24) is 10.2 Å². The third kappa shape index (κ3) is 8.05. The summed E-state index contributed by atoms with van der Waals surface area (Å²) in [7, 11) is 0. The van der Waals surface area contributed by atoms with Gasteiger partial charge in [0.15, 0.2) is 0 Å². The van der Waals surface area contributed by atoms with Gasteiger partial charge in [0.1, 0.15) is 5.82 Å². The summed E-state index contributed by atoms with van der Waals surface area (Å²) < 4.78 is 14.0. The number of nitrogens with zero attached hydrogens (tertiary/aromatic N) is 2. The van der Waals surface area contributed by atoms with Crippen LogP contribution in [0.3, 0.4) is 0 Å². The fourth-order valence-electron chi connectivity index (χ4n) is 3.27. The average molecular weight is 477 g/mol. The maximum atomic E-state index is 14.0. The van der Waals surface area contributed by atoms with Crippen LogP contribution in [0.15, 0.2) is 42.5 Å². The maximum Gasteiger partial charge on any atom is 0.242 e. The van der Waals surface area contributed by atoms with Crippen molar-refractivity contribution in [2.45, 2.75) is 39.8 Å². The van der Waals surface area contributed by atoms with E-state index in [1.807, 2.05) is 45.0 Å². The van der Waals surface area contributed by atoms with Crippen molar-refractivity contribution in [3.8, 4) is 0 Å². The fourth-order valence-corrected chi connectivity index (χ4v) is 3.47. The number of hydrogen-bond acceptors (Lipinski definition) is 4. The monoisotopic (exact) mass is 476 g/mol. The van der Waals surface area contributed by atoms with Gasteiger partial charge in [-0.1, -0.05) is 35.9 Å². The number of benzene rings is 2. The Morgan fingerprint density at radius 1 is 1.12 bits per heavy atom. The van der Waals surface area contributed by atoms with Gasteiger partial charge in [0.05, 0.1) is 18.1 Å². The summed E-state index contributed by atoms with van der Waals surface area (Å²) in [6, 6.07) is 11.9. The highest BCUT2D eigenvalue weighted by Gasteiger charge is 2.23. The highest BCUT2D eigenvalue weighted by molar-refractivity contribution is 6.30. The Bertz CT molecular complexity index is 999. The fraction of sp³-hybridized carbons (Fsp3) is 0.375. The number of rotatable bonds is 11. The van der Waals surface area contributed by atoms with Gasteiger partial charge >= 0.3 is 0 Å². The van der Waals surface area contributed by atoms with Crippen molar-refractivity contribution in [3.63, 3.8) is 0 Å². The Kier molecular flexibility index (Phi) is 9.66. The van der Waals surface area contributed by atoms with E-state index in [2.05, 4.69) is 5.32 Å². The van der Waals surface area contributed by atoms with Gasteiger partial charge in [-0.05, 0) is 44.5 Å². The topological polar surface area (TPSA) is 95.7 Å².